The second-order valence-electron chi connectivity index (χ2n) is 8.34. The van der Waals surface area contributed by atoms with Gasteiger partial charge in [0.1, 0.15) is 5.75 Å². The van der Waals surface area contributed by atoms with E-state index in [4.69, 9.17) is 14.9 Å². The Labute approximate surface area is 182 Å². The van der Waals surface area contributed by atoms with Gasteiger partial charge in [-0.2, -0.15) is 0 Å². The third-order valence-electron chi connectivity index (χ3n) is 6.71. The standard InChI is InChI=1S/C24H32N2O2.C2H6/c1-27-22-11-8-21(9-12-22)26-13-3-4-20(16-26)24(25)19-6-5-18-15-23(28-2)10-7-17(18)14-19;1-2/h5-7,10,14-15,20-22,25H,3-4,8-9,11-13,16H2,1-2H3;1-2H3. The number of benzene rings is 2. The highest BCUT2D eigenvalue weighted by Gasteiger charge is 2.31. The summed E-state index contributed by atoms with van der Waals surface area (Å²) in [5.74, 6) is 1.21. The number of hydrogen-bond donors (Lipinski definition) is 1. The summed E-state index contributed by atoms with van der Waals surface area (Å²) in [5.41, 5.74) is 1.86. The molecule has 0 spiro atoms. The summed E-state index contributed by atoms with van der Waals surface area (Å²) in [4.78, 5) is 2.65. The van der Waals surface area contributed by atoms with E-state index in [1.54, 1.807) is 7.11 Å². The van der Waals surface area contributed by atoms with Crippen LogP contribution in [-0.4, -0.2) is 50.1 Å². The molecule has 1 atom stereocenters. The maximum Gasteiger partial charge on any atom is 0.119 e. The molecule has 0 aromatic heterocycles. The fourth-order valence-electron chi connectivity index (χ4n) is 4.97. The predicted molar refractivity (Wildman–Crippen MR) is 126 cm³/mol. The van der Waals surface area contributed by atoms with Crippen molar-refractivity contribution < 1.29 is 9.47 Å². The number of nitrogens with zero attached hydrogens (tertiary/aromatic N) is 1. The minimum absolute atomic E-state index is 0.338. The Balaban J connectivity index is 0.00000124. The molecule has 2 aromatic rings. The first-order valence-electron chi connectivity index (χ1n) is 11.6. The van der Waals surface area contributed by atoms with Crippen molar-refractivity contribution in [3.05, 3.63) is 42.0 Å². The van der Waals surface area contributed by atoms with Crippen molar-refractivity contribution in [3.63, 3.8) is 0 Å². The lowest BCUT2D eigenvalue weighted by Gasteiger charge is -2.41. The third-order valence-corrected chi connectivity index (χ3v) is 6.71. The van der Waals surface area contributed by atoms with E-state index < -0.39 is 0 Å². The van der Waals surface area contributed by atoms with Crippen LogP contribution in [0.1, 0.15) is 57.9 Å². The molecule has 1 heterocycles. The van der Waals surface area contributed by atoms with E-state index >= 15 is 0 Å². The lowest BCUT2D eigenvalue weighted by Crippen LogP contribution is -2.46. The van der Waals surface area contributed by atoms with Gasteiger partial charge in [-0.15, -0.1) is 0 Å². The van der Waals surface area contributed by atoms with Gasteiger partial charge in [0.25, 0.3) is 0 Å². The van der Waals surface area contributed by atoms with Gasteiger partial charge in [-0.25, -0.2) is 0 Å². The molecule has 0 amide bonds. The summed E-state index contributed by atoms with van der Waals surface area (Å²) in [5, 5.41) is 11.2. The summed E-state index contributed by atoms with van der Waals surface area (Å²) in [6, 6.07) is 13.2. The van der Waals surface area contributed by atoms with Gasteiger partial charge in [0.15, 0.2) is 0 Å². The first-order chi connectivity index (χ1) is 14.7. The summed E-state index contributed by atoms with van der Waals surface area (Å²) < 4.78 is 10.9. The van der Waals surface area contributed by atoms with Gasteiger partial charge in [0.05, 0.1) is 13.2 Å². The van der Waals surface area contributed by atoms with Crippen LogP contribution >= 0.6 is 0 Å². The molecule has 4 heteroatoms. The Hall–Kier alpha value is -1.91. The molecule has 2 aliphatic rings. The minimum atomic E-state index is 0.338. The zero-order chi connectivity index (χ0) is 21.5. The number of methoxy groups -OCH3 is 2. The molecule has 4 rings (SSSR count). The zero-order valence-electron chi connectivity index (χ0n) is 19.1. The third kappa shape index (κ3) is 5.22. The Bertz CT molecular complexity index is 827. The molecule has 0 bridgehead atoms. The van der Waals surface area contributed by atoms with Gasteiger partial charge < -0.3 is 14.9 Å². The quantitative estimate of drug-likeness (QED) is 0.623. The Morgan fingerprint density at radius 2 is 1.63 bits per heavy atom. The van der Waals surface area contributed by atoms with Crippen LogP contribution in [0.5, 0.6) is 5.75 Å². The topological polar surface area (TPSA) is 45.5 Å². The molecule has 1 N–H and O–H groups in total. The number of likely N-dealkylation sites (tertiary alicyclic amines) is 1. The molecule has 1 aliphatic heterocycles. The van der Waals surface area contributed by atoms with Crippen LogP contribution in [-0.2, 0) is 4.74 Å². The average Bonchev–Trinajstić information content (AvgIpc) is 2.84. The van der Waals surface area contributed by atoms with Crippen molar-refractivity contribution in [3.8, 4) is 5.75 Å². The van der Waals surface area contributed by atoms with E-state index in [1.807, 2.05) is 27.0 Å². The van der Waals surface area contributed by atoms with Crippen molar-refractivity contribution in [1.29, 1.82) is 5.41 Å². The molecular formula is C26H38N2O2. The fourth-order valence-corrected chi connectivity index (χ4v) is 4.97. The van der Waals surface area contributed by atoms with E-state index in [0.29, 0.717) is 18.1 Å². The van der Waals surface area contributed by atoms with Crippen molar-refractivity contribution in [2.45, 2.75) is 64.5 Å². The SMILES string of the molecule is CC.COc1ccc2cc(C(=N)C3CCCN(C4CCC(OC)CC4)C3)ccc2c1. The number of ether oxygens (including phenoxy) is 2. The first-order valence-corrected chi connectivity index (χ1v) is 11.6. The maximum absolute atomic E-state index is 8.87. The van der Waals surface area contributed by atoms with E-state index in [2.05, 4.69) is 35.2 Å². The van der Waals surface area contributed by atoms with Crippen LogP contribution in [0, 0.1) is 11.3 Å². The van der Waals surface area contributed by atoms with Gasteiger partial charge in [0, 0.05) is 31.3 Å². The summed E-state index contributed by atoms with van der Waals surface area (Å²) >= 11 is 0. The van der Waals surface area contributed by atoms with E-state index in [1.165, 1.54) is 44.0 Å². The molecule has 1 aliphatic carbocycles. The Morgan fingerprint density at radius 3 is 2.33 bits per heavy atom. The second kappa shape index (κ2) is 10.9. The Morgan fingerprint density at radius 1 is 0.933 bits per heavy atom. The smallest absolute Gasteiger partial charge is 0.119 e. The van der Waals surface area contributed by atoms with E-state index in [-0.39, 0.29) is 0 Å². The molecule has 2 fully saturated rings. The average molecular weight is 411 g/mol. The van der Waals surface area contributed by atoms with Crippen LogP contribution in [0.3, 0.4) is 0 Å². The van der Waals surface area contributed by atoms with Crippen LogP contribution in [0.25, 0.3) is 10.8 Å². The Kier molecular flexibility index (Phi) is 8.29. The highest BCUT2D eigenvalue weighted by atomic mass is 16.5. The minimum Gasteiger partial charge on any atom is -0.497 e. The molecule has 1 saturated carbocycles. The van der Waals surface area contributed by atoms with Crippen molar-refractivity contribution in [1.82, 2.24) is 4.90 Å². The fraction of sp³-hybridized carbons (Fsp3) is 0.577. The number of nitrogens with one attached hydrogen (secondary N) is 1. The van der Waals surface area contributed by atoms with E-state index in [0.717, 1.165) is 35.4 Å². The zero-order valence-corrected chi connectivity index (χ0v) is 19.1. The molecular weight excluding hydrogens is 372 g/mol. The largest absolute Gasteiger partial charge is 0.497 e. The maximum atomic E-state index is 8.87. The summed E-state index contributed by atoms with van der Waals surface area (Å²) in [6.45, 7) is 6.21. The number of piperidine rings is 1. The number of hydrogen-bond acceptors (Lipinski definition) is 4. The van der Waals surface area contributed by atoms with Crippen molar-refractivity contribution in [2.75, 3.05) is 27.3 Å². The van der Waals surface area contributed by atoms with Crippen LogP contribution < -0.4 is 4.74 Å². The van der Waals surface area contributed by atoms with Gasteiger partial charge in [-0.3, -0.25) is 4.90 Å². The highest BCUT2D eigenvalue weighted by Crippen LogP contribution is 2.30. The highest BCUT2D eigenvalue weighted by molar-refractivity contribution is 6.03. The number of rotatable bonds is 5. The predicted octanol–water partition coefficient (Wildman–Crippen LogP) is 5.91. The van der Waals surface area contributed by atoms with Crippen LogP contribution in [0.4, 0.5) is 0 Å². The van der Waals surface area contributed by atoms with Crippen molar-refractivity contribution in [2.24, 2.45) is 5.92 Å². The summed E-state index contributed by atoms with van der Waals surface area (Å²) in [6.07, 6.45) is 7.59. The molecule has 1 saturated heterocycles. The monoisotopic (exact) mass is 410 g/mol. The number of fused-ring (bicyclic) bond motifs is 1. The first kappa shape index (κ1) is 22.8. The van der Waals surface area contributed by atoms with Crippen LogP contribution in [0.2, 0.25) is 0 Å². The van der Waals surface area contributed by atoms with Crippen molar-refractivity contribution >= 4 is 16.5 Å². The molecule has 4 nitrogen and oxygen atoms in total. The lowest BCUT2D eigenvalue weighted by atomic mass is 9.85. The lowest BCUT2D eigenvalue weighted by molar-refractivity contribution is 0.0306. The molecule has 1 unspecified atom stereocenters. The van der Waals surface area contributed by atoms with Gasteiger partial charge in [0.2, 0.25) is 0 Å². The van der Waals surface area contributed by atoms with Gasteiger partial charge in [-0.05, 0) is 79.6 Å². The van der Waals surface area contributed by atoms with Crippen LogP contribution in [0.15, 0.2) is 36.4 Å². The molecule has 30 heavy (non-hydrogen) atoms. The molecule has 0 radical (unpaired) electrons. The normalized spacial score (nSPS) is 24.7. The van der Waals surface area contributed by atoms with Gasteiger partial charge in [-0.1, -0.05) is 32.0 Å². The molecule has 164 valence electrons. The van der Waals surface area contributed by atoms with Gasteiger partial charge >= 0.3 is 0 Å². The summed E-state index contributed by atoms with van der Waals surface area (Å²) in [7, 11) is 3.53. The molecule has 2 aromatic carbocycles. The van der Waals surface area contributed by atoms with E-state index in [9.17, 15) is 0 Å². The second-order valence-corrected chi connectivity index (χ2v) is 8.34.